The van der Waals surface area contributed by atoms with Crippen LogP contribution < -0.4 is 4.74 Å². The van der Waals surface area contributed by atoms with Crippen molar-refractivity contribution in [3.8, 4) is 11.4 Å². The minimum Gasteiger partial charge on any atom is -0.495 e. The third kappa shape index (κ3) is 7.88. The molecule has 2 heterocycles. The van der Waals surface area contributed by atoms with Gasteiger partial charge in [0.15, 0.2) is 0 Å². The van der Waals surface area contributed by atoms with Gasteiger partial charge in [0, 0.05) is 30.5 Å². The van der Waals surface area contributed by atoms with Gasteiger partial charge in [-0.05, 0) is 68.2 Å². The van der Waals surface area contributed by atoms with Crippen molar-refractivity contribution in [3.05, 3.63) is 95.4 Å². The van der Waals surface area contributed by atoms with E-state index < -0.39 is 11.9 Å². The van der Waals surface area contributed by atoms with E-state index in [1.807, 2.05) is 53.8 Å². The number of aliphatic carboxylic acids is 2. The molecule has 10 heteroatoms. The molecule has 1 aliphatic rings. The van der Waals surface area contributed by atoms with Gasteiger partial charge in [-0.25, -0.2) is 19.0 Å². The molecule has 2 N–H and O–H groups in total. The molecule has 39 heavy (non-hydrogen) atoms. The van der Waals surface area contributed by atoms with Gasteiger partial charge in [0.2, 0.25) is 5.91 Å². The number of nitrogens with zero attached hydrogens (tertiary/aromatic N) is 3. The zero-order valence-electron chi connectivity index (χ0n) is 21.9. The fourth-order valence-electron chi connectivity index (χ4n) is 4.15. The van der Waals surface area contributed by atoms with Gasteiger partial charge in [-0.3, -0.25) is 4.79 Å². The molecule has 1 saturated heterocycles. The molecule has 0 radical (unpaired) electrons. The van der Waals surface area contributed by atoms with Crippen LogP contribution in [-0.4, -0.2) is 56.2 Å². The van der Waals surface area contributed by atoms with Crippen molar-refractivity contribution >= 4 is 23.9 Å². The molecule has 3 aromatic rings. The van der Waals surface area contributed by atoms with Crippen molar-refractivity contribution in [2.24, 2.45) is 0 Å². The second-order valence-electron chi connectivity index (χ2n) is 8.86. The molecular formula is C29H30FN3O6. The minimum atomic E-state index is -1.26. The summed E-state index contributed by atoms with van der Waals surface area (Å²) in [6, 6.07) is 12.1. The maximum Gasteiger partial charge on any atom is 0.328 e. The van der Waals surface area contributed by atoms with Crippen LogP contribution in [0.4, 0.5) is 4.39 Å². The summed E-state index contributed by atoms with van der Waals surface area (Å²) in [5.74, 6) is -2.05. The topological polar surface area (TPSA) is 122 Å². The Morgan fingerprint density at radius 2 is 1.77 bits per heavy atom. The number of rotatable bonds is 7. The largest absolute Gasteiger partial charge is 0.495 e. The number of aryl methyl sites for hydroxylation is 1. The number of halogens is 1. The second-order valence-corrected chi connectivity index (χ2v) is 8.86. The molecule has 1 aliphatic heterocycles. The Bertz CT molecular complexity index is 1380. The lowest BCUT2D eigenvalue weighted by molar-refractivity contribution is -0.134. The lowest BCUT2D eigenvalue weighted by atomic mass is 9.97. The molecular weight excluding hydrogens is 505 g/mol. The van der Waals surface area contributed by atoms with Crippen molar-refractivity contribution in [2.45, 2.75) is 32.7 Å². The number of piperidine rings is 1. The lowest BCUT2D eigenvalue weighted by Crippen LogP contribution is -2.38. The Hall–Kier alpha value is -4.73. The van der Waals surface area contributed by atoms with Gasteiger partial charge in [0.25, 0.3) is 0 Å². The summed E-state index contributed by atoms with van der Waals surface area (Å²) in [5, 5.41) is 15.6. The first-order valence-electron chi connectivity index (χ1n) is 12.2. The Kier molecular flexibility index (Phi) is 9.75. The number of amides is 1. The number of aromatic nitrogens is 2. The van der Waals surface area contributed by atoms with Gasteiger partial charge in [0.1, 0.15) is 11.6 Å². The van der Waals surface area contributed by atoms with Crippen LogP contribution in [0.2, 0.25) is 0 Å². The van der Waals surface area contributed by atoms with Crippen molar-refractivity contribution in [3.63, 3.8) is 0 Å². The first-order valence-corrected chi connectivity index (χ1v) is 12.2. The number of carboxylic acids is 2. The van der Waals surface area contributed by atoms with Crippen LogP contribution in [0.1, 0.15) is 42.6 Å². The first-order chi connectivity index (χ1) is 18.6. The van der Waals surface area contributed by atoms with Crippen LogP contribution in [0, 0.1) is 12.7 Å². The molecule has 0 aliphatic carbocycles. The molecule has 1 fully saturated rings. The summed E-state index contributed by atoms with van der Waals surface area (Å²) in [6.45, 7) is 4.62. The third-order valence-corrected chi connectivity index (χ3v) is 6.10. The molecule has 2 aromatic carbocycles. The van der Waals surface area contributed by atoms with Crippen molar-refractivity contribution in [1.82, 2.24) is 14.5 Å². The molecule has 1 amide bonds. The van der Waals surface area contributed by atoms with Gasteiger partial charge in [-0.15, -0.1) is 0 Å². The van der Waals surface area contributed by atoms with Gasteiger partial charge in [0.05, 0.1) is 30.9 Å². The number of methoxy groups -OCH3 is 1. The average molecular weight is 536 g/mol. The SMILES string of the molecule is COc1cc(/C=C2\CCCN([C@@H](C)c3ccc(F)cc3)C2=O)ccc1-n1cnc(C)c1.O=C(O)/C=C/C(=O)O. The number of benzene rings is 2. The van der Waals surface area contributed by atoms with E-state index >= 15 is 0 Å². The van der Waals surface area contributed by atoms with Crippen molar-refractivity contribution in [2.75, 3.05) is 13.7 Å². The summed E-state index contributed by atoms with van der Waals surface area (Å²) < 4.78 is 20.8. The van der Waals surface area contributed by atoms with Gasteiger partial charge >= 0.3 is 11.9 Å². The summed E-state index contributed by atoms with van der Waals surface area (Å²) in [4.78, 5) is 38.4. The maximum atomic E-state index is 13.3. The van der Waals surface area contributed by atoms with Crippen LogP contribution in [-0.2, 0) is 14.4 Å². The number of carbonyl (C=O) groups is 3. The highest BCUT2D eigenvalue weighted by Crippen LogP contribution is 2.30. The summed E-state index contributed by atoms with van der Waals surface area (Å²) in [7, 11) is 1.64. The standard InChI is InChI=1S/C25H26FN3O2.C4H4O4/c1-17-15-28(16-27-17)23-11-6-19(14-24(23)31-3)13-21-5-4-12-29(25(21)30)18(2)20-7-9-22(26)10-8-20;5-3(6)1-2-4(7)8/h6-11,13-16,18H,4-5,12H2,1-3H3;1-2H,(H,5,6)(H,7,8)/b21-13+;2-1+/t18-;/m0./s1. The van der Waals surface area contributed by atoms with E-state index in [-0.39, 0.29) is 17.8 Å². The minimum absolute atomic E-state index is 0.0244. The monoisotopic (exact) mass is 535 g/mol. The van der Waals surface area contributed by atoms with Gasteiger partial charge in [-0.1, -0.05) is 18.2 Å². The molecule has 0 spiro atoms. The Labute approximate surface area is 225 Å². The average Bonchev–Trinajstić information content (AvgIpc) is 3.35. The maximum absolute atomic E-state index is 13.3. The van der Waals surface area contributed by atoms with E-state index in [2.05, 4.69) is 4.98 Å². The number of ether oxygens (including phenoxy) is 1. The highest BCUT2D eigenvalue weighted by atomic mass is 19.1. The van der Waals surface area contributed by atoms with Gasteiger partial charge < -0.3 is 24.4 Å². The van der Waals surface area contributed by atoms with Gasteiger partial charge in [-0.2, -0.15) is 0 Å². The number of hydrogen-bond donors (Lipinski definition) is 2. The first kappa shape index (κ1) is 28.8. The Morgan fingerprint density at radius 1 is 1.10 bits per heavy atom. The molecule has 0 saturated carbocycles. The van der Waals surface area contributed by atoms with Crippen LogP contribution in [0.5, 0.6) is 5.75 Å². The smallest absolute Gasteiger partial charge is 0.328 e. The predicted molar refractivity (Wildman–Crippen MR) is 143 cm³/mol. The lowest BCUT2D eigenvalue weighted by Gasteiger charge is -2.34. The van der Waals surface area contributed by atoms with E-state index in [9.17, 15) is 18.8 Å². The molecule has 4 rings (SSSR count). The highest BCUT2D eigenvalue weighted by Gasteiger charge is 2.28. The zero-order chi connectivity index (χ0) is 28.5. The van der Waals surface area contributed by atoms with E-state index in [1.165, 1.54) is 12.1 Å². The van der Waals surface area contributed by atoms with E-state index in [4.69, 9.17) is 14.9 Å². The van der Waals surface area contributed by atoms with E-state index in [0.717, 1.165) is 40.9 Å². The van der Waals surface area contributed by atoms with Crippen LogP contribution >= 0.6 is 0 Å². The Morgan fingerprint density at radius 3 is 2.33 bits per heavy atom. The fourth-order valence-corrected chi connectivity index (χ4v) is 4.15. The summed E-state index contributed by atoms with van der Waals surface area (Å²) in [5.41, 5.74) is 4.44. The highest BCUT2D eigenvalue weighted by molar-refractivity contribution is 5.98. The fraction of sp³-hybridized carbons (Fsp3) is 0.241. The zero-order valence-corrected chi connectivity index (χ0v) is 21.9. The van der Waals surface area contributed by atoms with Crippen molar-refractivity contribution < 1.29 is 33.7 Å². The number of carboxylic acid groups (broad SMARTS) is 2. The summed E-state index contributed by atoms with van der Waals surface area (Å²) >= 11 is 0. The second kappa shape index (κ2) is 13.2. The predicted octanol–water partition coefficient (Wildman–Crippen LogP) is 4.81. The number of hydrogen-bond acceptors (Lipinski definition) is 5. The van der Waals surface area contributed by atoms with Crippen LogP contribution in [0.3, 0.4) is 0 Å². The van der Waals surface area contributed by atoms with E-state index in [1.54, 1.807) is 25.6 Å². The molecule has 9 nitrogen and oxygen atoms in total. The number of carbonyl (C=O) groups excluding carboxylic acids is 1. The quantitative estimate of drug-likeness (QED) is 0.417. The number of likely N-dealkylation sites (tertiary alicyclic amines) is 1. The molecule has 204 valence electrons. The Balaban J connectivity index is 0.000000459. The van der Waals surface area contributed by atoms with Crippen LogP contribution in [0.25, 0.3) is 11.8 Å². The summed E-state index contributed by atoms with van der Waals surface area (Å²) in [6.07, 6.45) is 8.38. The normalized spacial score (nSPS) is 15.1. The molecule has 1 atom stereocenters. The van der Waals surface area contributed by atoms with Crippen LogP contribution in [0.15, 0.2) is 72.7 Å². The third-order valence-electron chi connectivity index (χ3n) is 6.10. The van der Waals surface area contributed by atoms with Crippen molar-refractivity contribution in [1.29, 1.82) is 0 Å². The molecule has 1 aromatic heterocycles. The molecule has 0 bridgehead atoms. The number of imidazole rings is 1. The van der Waals surface area contributed by atoms with E-state index in [0.29, 0.717) is 24.4 Å². The molecule has 0 unspecified atom stereocenters.